The van der Waals surface area contributed by atoms with Crippen molar-refractivity contribution in [2.24, 2.45) is 0 Å². The third-order valence-corrected chi connectivity index (χ3v) is 3.66. The molecule has 0 radical (unpaired) electrons. The Morgan fingerprint density at radius 2 is 2.20 bits per heavy atom. The van der Waals surface area contributed by atoms with Crippen molar-refractivity contribution in [1.82, 2.24) is 4.90 Å². The molecule has 1 heterocycles. The van der Waals surface area contributed by atoms with E-state index in [-0.39, 0.29) is 12.0 Å². The maximum atomic E-state index is 11.8. The van der Waals surface area contributed by atoms with Crippen LogP contribution in [0.1, 0.15) is 17.5 Å². The van der Waals surface area contributed by atoms with E-state index in [1.165, 1.54) is 7.11 Å². The van der Waals surface area contributed by atoms with Gasteiger partial charge >= 0.3 is 5.97 Å². The van der Waals surface area contributed by atoms with Gasteiger partial charge in [-0.2, -0.15) is 0 Å². The predicted octanol–water partition coefficient (Wildman–Crippen LogP) is 1.11. The molecular weight excluding hydrogens is 258 g/mol. The molecule has 2 rings (SSSR count). The zero-order chi connectivity index (χ0) is 14.7. The van der Waals surface area contributed by atoms with Gasteiger partial charge in [0.25, 0.3) is 0 Å². The van der Waals surface area contributed by atoms with Crippen molar-refractivity contribution in [2.75, 3.05) is 20.8 Å². The van der Waals surface area contributed by atoms with Gasteiger partial charge in [-0.3, -0.25) is 9.69 Å². The highest BCUT2D eigenvalue weighted by Crippen LogP contribution is 2.26. The first kappa shape index (κ1) is 14.8. The van der Waals surface area contributed by atoms with Crippen molar-refractivity contribution in [3.8, 4) is 5.75 Å². The van der Waals surface area contributed by atoms with Crippen molar-refractivity contribution < 1.29 is 19.4 Å². The van der Waals surface area contributed by atoms with E-state index < -0.39 is 6.10 Å². The van der Waals surface area contributed by atoms with E-state index in [0.717, 1.165) is 16.9 Å². The summed E-state index contributed by atoms with van der Waals surface area (Å²) in [7, 11) is 3.00. The van der Waals surface area contributed by atoms with Crippen LogP contribution in [0.25, 0.3) is 0 Å². The Hall–Kier alpha value is -1.59. The molecule has 0 amide bonds. The second-order valence-electron chi connectivity index (χ2n) is 5.17. The van der Waals surface area contributed by atoms with Crippen molar-refractivity contribution in [3.05, 3.63) is 29.3 Å². The van der Waals surface area contributed by atoms with Crippen LogP contribution in [-0.2, 0) is 16.1 Å². The molecule has 1 aliphatic heterocycles. The third-order valence-electron chi connectivity index (χ3n) is 3.66. The van der Waals surface area contributed by atoms with Crippen molar-refractivity contribution >= 4 is 5.97 Å². The van der Waals surface area contributed by atoms with Crippen LogP contribution in [0.4, 0.5) is 0 Å². The molecule has 2 atom stereocenters. The van der Waals surface area contributed by atoms with Crippen LogP contribution in [0, 0.1) is 6.92 Å². The quantitative estimate of drug-likeness (QED) is 0.837. The van der Waals surface area contributed by atoms with Crippen LogP contribution in [0.5, 0.6) is 5.75 Å². The van der Waals surface area contributed by atoms with Gasteiger partial charge < -0.3 is 14.6 Å². The van der Waals surface area contributed by atoms with E-state index in [1.54, 1.807) is 7.11 Å². The summed E-state index contributed by atoms with van der Waals surface area (Å²) < 4.78 is 10.2. The van der Waals surface area contributed by atoms with Gasteiger partial charge in [-0.25, -0.2) is 0 Å². The molecule has 1 saturated heterocycles. The topological polar surface area (TPSA) is 59.0 Å². The van der Waals surface area contributed by atoms with Crippen LogP contribution in [0.15, 0.2) is 18.2 Å². The number of β-amino-alcohol motifs (C(OH)–C–C–N with tert-alkyl or cyclic N) is 1. The Morgan fingerprint density at radius 1 is 1.45 bits per heavy atom. The first-order chi connectivity index (χ1) is 9.55. The summed E-state index contributed by atoms with van der Waals surface area (Å²) in [5.41, 5.74) is 2.14. The van der Waals surface area contributed by atoms with Gasteiger partial charge in [0.15, 0.2) is 0 Å². The standard InChI is InChI=1S/C15H21NO4/c1-10-4-5-14(19-2)11(6-10)8-16-9-12(17)7-13(16)15(18)20-3/h4-6,12-13,17H,7-9H2,1-3H3. The highest BCUT2D eigenvalue weighted by Gasteiger charge is 2.36. The number of likely N-dealkylation sites (tertiary alicyclic amines) is 1. The number of esters is 1. The number of ether oxygens (including phenoxy) is 2. The number of aryl methyl sites for hydroxylation is 1. The molecule has 0 saturated carbocycles. The highest BCUT2D eigenvalue weighted by atomic mass is 16.5. The smallest absolute Gasteiger partial charge is 0.323 e. The molecule has 1 N–H and O–H groups in total. The number of aliphatic hydroxyl groups excluding tert-OH is 1. The van der Waals surface area contributed by atoms with Crippen LogP contribution >= 0.6 is 0 Å². The second kappa shape index (κ2) is 6.24. The Labute approximate surface area is 119 Å². The molecule has 1 fully saturated rings. The highest BCUT2D eigenvalue weighted by molar-refractivity contribution is 5.76. The Bertz CT molecular complexity index is 489. The molecule has 0 aromatic heterocycles. The number of carbonyl (C=O) groups is 1. The molecule has 1 aliphatic rings. The zero-order valence-electron chi connectivity index (χ0n) is 12.1. The zero-order valence-corrected chi connectivity index (χ0v) is 12.1. The molecule has 5 heteroatoms. The molecule has 110 valence electrons. The molecule has 0 spiro atoms. The fraction of sp³-hybridized carbons (Fsp3) is 0.533. The first-order valence-electron chi connectivity index (χ1n) is 6.68. The Kier molecular flexibility index (Phi) is 4.62. The van der Waals surface area contributed by atoms with Crippen molar-refractivity contribution in [3.63, 3.8) is 0 Å². The molecule has 0 bridgehead atoms. The van der Waals surface area contributed by atoms with Gasteiger partial charge in [-0.15, -0.1) is 0 Å². The lowest BCUT2D eigenvalue weighted by Gasteiger charge is -2.23. The molecule has 20 heavy (non-hydrogen) atoms. The van der Waals surface area contributed by atoms with Gasteiger partial charge in [0, 0.05) is 25.1 Å². The maximum absolute atomic E-state index is 11.8. The summed E-state index contributed by atoms with van der Waals surface area (Å²) in [5, 5.41) is 9.79. The van der Waals surface area contributed by atoms with Gasteiger partial charge in [0.1, 0.15) is 11.8 Å². The summed E-state index contributed by atoms with van der Waals surface area (Å²) in [6.45, 7) is 3.04. The Balaban J connectivity index is 2.19. The van der Waals surface area contributed by atoms with Crippen LogP contribution in [0.2, 0.25) is 0 Å². The van der Waals surface area contributed by atoms with Crippen LogP contribution < -0.4 is 4.74 Å². The number of hydrogen-bond acceptors (Lipinski definition) is 5. The van der Waals surface area contributed by atoms with E-state index in [9.17, 15) is 9.90 Å². The average molecular weight is 279 g/mol. The fourth-order valence-electron chi connectivity index (χ4n) is 2.69. The summed E-state index contributed by atoms with van der Waals surface area (Å²) in [5.74, 6) is 0.494. The van der Waals surface area contributed by atoms with E-state index in [4.69, 9.17) is 9.47 Å². The normalized spacial score (nSPS) is 22.8. The summed E-state index contributed by atoms with van der Waals surface area (Å²) in [4.78, 5) is 13.7. The van der Waals surface area contributed by atoms with E-state index in [2.05, 4.69) is 0 Å². The van der Waals surface area contributed by atoms with E-state index >= 15 is 0 Å². The SMILES string of the molecule is COC(=O)C1CC(O)CN1Cc1cc(C)ccc1OC. The lowest BCUT2D eigenvalue weighted by atomic mass is 10.1. The molecule has 1 aromatic carbocycles. The summed E-state index contributed by atoms with van der Waals surface area (Å²) >= 11 is 0. The minimum Gasteiger partial charge on any atom is -0.496 e. The number of carbonyl (C=O) groups excluding carboxylic acids is 1. The molecule has 1 aromatic rings. The number of nitrogens with zero attached hydrogens (tertiary/aromatic N) is 1. The van der Waals surface area contributed by atoms with Gasteiger partial charge in [-0.05, 0) is 13.0 Å². The summed E-state index contributed by atoms with van der Waals surface area (Å²) in [6.07, 6.45) is -0.0734. The molecule has 2 unspecified atom stereocenters. The largest absolute Gasteiger partial charge is 0.496 e. The number of aliphatic hydroxyl groups is 1. The van der Waals surface area contributed by atoms with Crippen molar-refractivity contribution in [1.29, 1.82) is 0 Å². The van der Waals surface area contributed by atoms with Gasteiger partial charge in [0.05, 0.1) is 20.3 Å². The van der Waals surface area contributed by atoms with Crippen LogP contribution in [-0.4, -0.2) is 48.9 Å². The maximum Gasteiger partial charge on any atom is 0.323 e. The number of methoxy groups -OCH3 is 2. The third kappa shape index (κ3) is 3.11. The van der Waals surface area contributed by atoms with Gasteiger partial charge in [-0.1, -0.05) is 17.7 Å². The number of rotatable bonds is 4. The average Bonchev–Trinajstić information content (AvgIpc) is 2.79. The molecule has 5 nitrogen and oxygen atoms in total. The second-order valence-corrected chi connectivity index (χ2v) is 5.17. The predicted molar refractivity (Wildman–Crippen MR) is 74.6 cm³/mol. The monoisotopic (exact) mass is 279 g/mol. The van der Waals surface area contributed by atoms with E-state index in [0.29, 0.717) is 19.5 Å². The Morgan fingerprint density at radius 3 is 2.85 bits per heavy atom. The molecule has 0 aliphatic carbocycles. The first-order valence-corrected chi connectivity index (χ1v) is 6.68. The van der Waals surface area contributed by atoms with E-state index in [1.807, 2.05) is 30.0 Å². The van der Waals surface area contributed by atoms with Crippen LogP contribution in [0.3, 0.4) is 0 Å². The lowest BCUT2D eigenvalue weighted by Crippen LogP contribution is -2.36. The van der Waals surface area contributed by atoms with Gasteiger partial charge in [0.2, 0.25) is 0 Å². The fourth-order valence-corrected chi connectivity index (χ4v) is 2.69. The minimum absolute atomic E-state index is 0.298. The molecular formula is C15H21NO4. The lowest BCUT2D eigenvalue weighted by molar-refractivity contribution is -0.146. The summed E-state index contributed by atoms with van der Waals surface area (Å²) in [6, 6.07) is 5.56. The minimum atomic E-state index is -0.491. The number of benzene rings is 1. The number of hydrogen-bond donors (Lipinski definition) is 1. The van der Waals surface area contributed by atoms with Crippen molar-refractivity contribution in [2.45, 2.75) is 32.0 Å².